The molecule has 1 rings (SSSR count). The average molecular weight is 191 g/mol. The lowest BCUT2D eigenvalue weighted by Gasteiger charge is -2.31. The quantitative estimate of drug-likeness (QED) is 0.641. The van der Waals surface area contributed by atoms with E-state index in [0.29, 0.717) is 18.3 Å². The van der Waals surface area contributed by atoms with Gasteiger partial charge in [0.05, 0.1) is 0 Å². The molecule has 3 nitrogen and oxygen atoms in total. The number of rotatable bonds is 2. The molecule has 0 saturated carbocycles. The highest BCUT2D eigenvalue weighted by molar-refractivity contribution is 6.18. The second-order valence-electron chi connectivity index (χ2n) is 3.13. The SMILES string of the molecule is C[C@H]1CN(C(=O)CCCl)CCN1. The summed E-state index contributed by atoms with van der Waals surface area (Å²) < 4.78 is 0. The van der Waals surface area contributed by atoms with Gasteiger partial charge in [0.1, 0.15) is 0 Å². The van der Waals surface area contributed by atoms with Crippen LogP contribution >= 0.6 is 11.6 Å². The van der Waals surface area contributed by atoms with E-state index in [1.165, 1.54) is 0 Å². The van der Waals surface area contributed by atoms with Gasteiger partial charge in [-0.05, 0) is 6.92 Å². The molecule has 1 heterocycles. The predicted molar refractivity (Wildman–Crippen MR) is 49.4 cm³/mol. The molecule has 4 heteroatoms. The lowest BCUT2D eigenvalue weighted by molar-refractivity contribution is -0.131. The van der Waals surface area contributed by atoms with Gasteiger partial charge in [0.25, 0.3) is 0 Å². The second kappa shape index (κ2) is 4.67. The molecule has 0 spiro atoms. The monoisotopic (exact) mass is 190 g/mol. The van der Waals surface area contributed by atoms with Crippen molar-refractivity contribution in [2.75, 3.05) is 25.5 Å². The van der Waals surface area contributed by atoms with Gasteiger partial charge >= 0.3 is 0 Å². The first-order valence-electron chi connectivity index (χ1n) is 4.31. The van der Waals surface area contributed by atoms with E-state index in [1.807, 2.05) is 4.90 Å². The molecule has 0 aromatic carbocycles. The molecule has 0 aliphatic carbocycles. The van der Waals surface area contributed by atoms with E-state index >= 15 is 0 Å². The fourth-order valence-electron chi connectivity index (χ4n) is 1.40. The Balaban J connectivity index is 2.35. The third kappa shape index (κ3) is 2.64. The van der Waals surface area contributed by atoms with E-state index in [0.717, 1.165) is 19.6 Å². The van der Waals surface area contributed by atoms with Crippen LogP contribution in [0.1, 0.15) is 13.3 Å². The van der Waals surface area contributed by atoms with Crippen LogP contribution in [0.15, 0.2) is 0 Å². The van der Waals surface area contributed by atoms with Crippen molar-refractivity contribution in [3.63, 3.8) is 0 Å². The minimum atomic E-state index is 0.179. The summed E-state index contributed by atoms with van der Waals surface area (Å²) in [5.74, 6) is 0.607. The van der Waals surface area contributed by atoms with Crippen molar-refractivity contribution in [2.24, 2.45) is 0 Å². The van der Waals surface area contributed by atoms with Crippen LogP contribution in [0.5, 0.6) is 0 Å². The van der Waals surface area contributed by atoms with Crippen molar-refractivity contribution >= 4 is 17.5 Å². The molecule has 1 aliphatic heterocycles. The van der Waals surface area contributed by atoms with Crippen molar-refractivity contribution < 1.29 is 4.79 Å². The molecule has 0 unspecified atom stereocenters. The Morgan fingerprint density at radius 2 is 2.50 bits per heavy atom. The third-order valence-corrected chi connectivity index (χ3v) is 2.22. The van der Waals surface area contributed by atoms with Crippen LogP contribution in [-0.4, -0.2) is 42.4 Å². The first-order valence-corrected chi connectivity index (χ1v) is 4.84. The van der Waals surface area contributed by atoms with E-state index in [-0.39, 0.29) is 5.91 Å². The molecular formula is C8H15ClN2O. The summed E-state index contributed by atoms with van der Waals surface area (Å²) in [6.07, 6.45) is 0.467. The Bertz CT molecular complexity index is 163. The topological polar surface area (TPSA) is 32.3 Å². The average Bonchev–Trinajstić information content (AvgIpc) is 2.05. The van der Waals surface area contributed by atoms with Crippen LogP contribution < -0.4 is 5.32 Å². The molecule has 1 aliphatic rings. The summed E-state index contributed by atoms with van der Waals surface area (Å²) in [7, 11) is 0. The normalized spacial score (nSPS) is 24.2. The Hall–Kier alpha value is -0.280. The van der Waals surface area contributed by atoms with Gasteiger partial charge in [-0.25, -0.2) is 0 Å². The van der Waals surface area contributed by atoms with Crippen molar-refractivity contribution in [3.05, 3.63) is 0 Å². The Kier molecular flexibility index (Phi) is 3.82. The summed E-state index contributed by atoms with van der Waals surface area (Å²) in [5.41, 5.74) is 0. The van der Waals surface area contributed by atoms with Gasteiger partial charge in [0.2, 0.25) is 5.91 Å². The van der Waals surface area contributed by atoms with Crippen molar-refractivity contribution in [1.82, 2.24) is 10.2 Å². The van der Waals surface area contributed by atoms with Gasteiger partial charge in [0, 0.05) is 38.0 Å². The number of nitrogens with one attached hydrogen (secondary N) is 1. The summed E-state index contributed by atoms with van der Waals surface area (Å²) in [5, 5.41) is 3.28. The first-order chi connectivity index (χ1) is 5.74. The predicted octanol–water partition coefficient (Wildman–Crippen LogP) is 0.436. The number of hydrogen-bond donors (Lipinski definition) is 1. The maximum Gasteiger partial charge on any atom is 0.223 e. The molecule has 0 radical (unpaired) electrons. The zero-order valence-electron chi connectivity index (χ0n) is 7.35. The number of alkyl halides is 1. The number of piperazine rings is 1. The van der Waals surface area contributed by atoms with Crippen molar-refractivity contribution in [3.8, 4) is 0 Å². The highest BCUT2D eigenvalue weighted by Gasteiger charge is 2.19. The standard InChI is InChI=1S/C8H15ClN2O/c1-7-6-11(5-4-10-7)8(12)2-3-9/h7,10H,2-6H2,1H3/t7-/m0/s1. The largest absolute Gasteiger partial charge is 0.340 e. The highest BCUT2D eigenvalue weighted by Crippen LogP contribution is 2.01. The molecule has 1 N–H and O–H groups in total. The minimum Gasteiger partial charge on any atom is -0.340 e. The fraction of sp³-hybridized carbons (Fsp3) is 0.875. The molecule has 0 bridgehead atoms. The van der Waals surface area contributed by atoms with E-state index in [9.17, 15) is 4.79 Å². The summed E-state index contributed by atoms with van der Waals surface area (Å²) >= 11 is 5.49. The Morgan fingerprint density at radius 3 is 3.08 bits per heavy atom. The number of amides is 1. The van der Waals surface area contributed by atoms with Gasteiger partial charge < -0.3 is 10.2 Å². The van der Waals surface area contributed by atoms with Crippen molar-refractivity contribution in [2.45, 2.75) is 19.4 Å². The maximum atomic E-state index is 11.4. The van der Waals surface area contributed by atoms with Gasteiger partial charge in [-0.1, -0.05) is 0 Å². The first kappa shape index (κ1) is 9.81. The Morgan fingerprint density at radius 1 is 1.75 bits per heavy atom. The molecular weight excluding hydrogens is 176 g/mol. The number of halogens is 1. The van der Waals surface area contributed by atoms with E-state index in [1.54, 1.807) is 0 Å². The van der Waals surface area contributed by atoms with Crippen LogP contribution in [0.3, 0.4) is 0 Å². The zero-order valence-corrected chi connectivity index (χ0v) is 8.10. The van der Waals surface area contributed by atoms with Crippen molar-refractivity contribution in [1.29, 1.82) is 0 Å². The summed E-state index contributed by atoms with van der Waals surface area (Å²) in [6, 6.07) is 0.415. The van der Waals surface area contributed by atoms with Gasteiger partial charge in [-0.2, -0.15) is 0 Å². The lowest BCUT2D eigenvalue weighted by Crippen LogP contribution is -2.51. The smallest absolute Gasteiger partial charge is 0.223 e. The van der Waals surface area contributed by atoms with Crippen LogP contribution in [0.25, 0.3) is 0 Å². The molecule has 1 fully saturated rings. The van der Waals surface area contributed by atoms with E-state index in [2.05, 4.69) is 12.2 Å². The number of carbonyl (C=O) groups is 1. The highest BCUT2D eigenvalue weighted by atomic mass is 35.5. The number of carbonyl (C=O) groups excluding carboxylic acids is 1. The lowest BCUT2D eigenvalue weighted by atomic mass is 10.2. The number of nitrogens with zero attached hydrogens (tertiary/aromatic N) is 1. The molecule has 1 atom stereocenters. The van der Waals surface area contributed by atoms with Crippen LogP contribution in [0.2, 0.25) is 0 Å². The molecule has 70 valence electrons. The molecule has 0 aromatic rings. The van der Waals surface area contributed by atoms with Gasteiger partial charge in [-0.3, -0.25) is 4.79 Å². The van der Waals surface area contributed by atoms with E-state index < -0.39 is 0 Å². The molecule has 12 heavy (non-hydrogen) atoms. The maximum absolute atomic E-state index is 11.4. The fourth-order valence-corrected chi connectivity index (χ4v) is 1.56. The van der Waals surface area contributed by atoms with Crippen LogP contribution in [0.4, 0.5) is 0 Å². The molecule has 0 aromatic heterocycles. The van der Waals surface area contributed by atoms with Crippen LogP contribution in [-0.2, 0) is 4.79 Å². The van der Waals surface area contributed by atoms with E-state index in [4.69, 9.17) is 11.6 Å². The summed E-state index contributed by atoms with van der Waals surface area (Å²) in [6.45, 7) is 4.62. The van der Waals surface area contributed by atoms with Gasteiger partial charge in [-0.15, -0.1) is 11.6 Å². The Labute approximate surface area is 78.1 Å². The molecule has 1 saturated heterocycles. The van der Waals surface area contributed by atoms with Crippen LogP contribution in [0, 0.1) is 0 Å². The molecule has 1 amide bonds. The number of hydrogen-bond acceptors (Lipinski definition) is 2. The zero-order chi connectivity index (χ0) is 8.97. The third-order valence-electron chi connectivity index (χ3n) is 2.03. The minimum absolute atomic E-state index is 0.179. The second-order valence-corrected chi connectivity index (χ2v) is 3.51. The summed E-state index contributed by atoms with van der Waals surface area (Å²) in [4.78, 5) is 13.2. The van der Waals surface area contributed by atoms with Gasteiger partial charge in [0.15, 0.2) is 0 Å².